The standard InChI is InChI=1S/C17H30N4S2/c1-5-18-16(20-12-17(4)8-6-10-23-17)19-9-7-14-11-22-15(21-14)13(2)3/h11,13H,5-10,12H2,1-4H3,(H2,18,19,20). The quantitative estimate of drug-likeness (QED) is 0.580. The van der Waals surface area contributed by atoms with E-state index < -0.39 is 0 Å². The van der Waals surface area contributed by atoms with Crippen LogP contribution >= 0.6 is 23.1 Å². The van der Waals surface area contributed by atoms with Crippen molar-refractivity contribution in [3.8, 4) is 0 Å². The van der Waals surface area contributed by atoms with E-state index >= 15 is 0 Å². The zero-order chi connectivity index (χ0) is 16.7. The van der Waals surface area contributed by atoms with Crippen LogP contribution in [-0.4, -0.2) is 41.1 Å². The first-order valence-electron chi connectivity index (χ1n) is 8.63. The molecular weight excluding hydrogens is 324 g/mol. The first kappa shape index (κ1) is 18.6. The lowest BCUT2D eigenvalue weighted by molar-refractivity contribution is 0.614. The van der Waals surface area contributed by atoms with Crippen molar-refractivity contribution in [1.29, 1.82) is 0 Å². The Hall–Kier alpha value is -0.750. The van der Waals surface area contributed by atoms with E-state index in [9.17, 15) is 0 Å². The van der Waals surface area contributed by atoms with Gasteiger partial charge in [-0.2, -0.15) is 11.8 Å². The van der Waals surface area contributed by atoms with Crippen molar-refractivity contribution < 1.29 is 0 Å². The molecule has 0 spiro atoms. The fourth-order valence-corrected chi connectivity index (χ4v) is 4.66. The van der Waals surface area contributed by atoms with Crippen LogP contribution in [0.4, 0.5) is 0 Å². The minimum Gasteiger partial charge on any atom is -0.357 e. The van der Waals surface area contributed by atoms with Crippen LogP contribution in [0.25, 0.3) is 0 Å². The average Bonchev–Trinajstić information content (AvgIpc) is 3.15. The smallest absolute Gasteiger partial charge is 0.191 e. The molecule has 1 saturated heterocycles. The molecule has 0 aliphatic carbocycles. The number of aromatic nitrogens is 1. The van der Waals surface area contributed by atoms with Crippen LogP contribution in [-0.2, 0) is 6.42 Å². The van der Waals surface area contributed by atoms with Crippen LogP contribution in [0.3, 0.4) is 0 Å². The lowest BCUT2D eigenvalue weighted by atomic mass is 10.1. The summed E-state index contributed by atoms with van der Waals surface area (Å²) < 4.78 is 0.323. The van der Waals surface area contributed by atoms with Gasteiger partial charge < -0.3 is 10.6 Å². The van der Waals surface area contributed by atoms with Crippen molar-refractivity contribution in [2.24, 2.45) is 4.99 Å². The van der Waals surface area contributed by atoms with Gasteiger partial charge in [0.1, 0.15) is 0 Å². The Balaban J connectivity index is 1.81. The van der Waals surface area contributed by atoms with Crippen molar-refractivity contribution >= 4 is 29.1 Å². The normalized spacial score (nSPS) is 21.9. The predicted octanol–water partition coefficient (Wildman–Crippen LogP) is 3.65. The molecule has 0 aromatic carbocycles. The number of nitrogens with zero attached hydrogens (tertiary/aromatic N) is 2. The second kappa shape index (κ2) is 8.92. The molecule has 0 amide bonds. The molecule has 1 aliphatic rings. The molecule has 1 aliphatic heterocycles. The van der Waals surface area contributed by atoms with Crippen LogP contribution in [0.2, 0.25) is 0 Å². The highest BCUT2D eigenvalue weighted by molar-refractivity contribution is 8.00. The van der Waals surface area contributed by atoms with Crippen LogP contribution in [0.5, 0.6) is 0 Å². The van der Waals surface area contributed by atoms with Crippen LogP contribution in [0.15, 0.2) is 10.4 Å². The zero-order valence-corrected chi connectivity index (χ0v) is 16.4. The Morgan fingerprint density at radius 3 is 2.87 bits per heavy atom. The molecule has 0 bridgehead atoms. The van der Waals surface area contributed by atoms with Gasteiger partial charge in [-0.05, 0) is 32.4 Å². The molecule has 1 aromatic heterocycles. The summed E-state index contributed by atoms with van der Waals surface area (Å²) in [7, 11) is 0. The minimum absolute atomic E-state index is 0.323. The summed E-state index contributed by atoms with van der Waals surface area (Å²) in [6.45, 7) is 11.5. The van der Waals surface area contributed by atoms with Gasteiger partial charge in [0, 0.05) is 35.6 Å². The topological polar surface area (TPSA) is 49.3 Å². The van der Waals surface area contributed by atoms with Crippen LogP contribution in [0.1, 0.15) is 57.2 Å². The molecule has 2 N–H and O–H groups in total. The number of guanidine groups is 1. The highest BCUT2D eigenvalue weighted by Crippen LogP contribution is 2.37. The first-order valence-corrected chi connectivity index (χ1v) is 10.5. The fourth-order valence-electron chi connectivity index (χ4n) is 2.56. The van der Waals surface area contributed by atoms with Crippen molar-refractivity contribution in [2.75, 3.05) is 25.4 Å². The Kier molecular flexibility index (Phi) is 7.21. The van der Waals surface area contributed by atoms with Gasteiger partial charge in [-0.25, -0.2) is 4.98 Å². The van der Waals surface area contributed by atoms with E-state index in [0.29, 0.717) is 10.7 Å². The Morgan fingerprint density at radius 2 is 2.26 bits per heavy atom. The van der Waals surface area contributed by atoms with Crippen molar-refractivity contribution in [3.63, 3.8) is 0 Å². The van der Waals surface area contributed by atoms with Gasteiger partial charge in [0.05, 0.1) is 17.2 Å². The molecule has 1 atom stereocenters. The molecule has 2 heterocycles. The number of hydrogen-bond acceptors (Lipinski definition) is 4. The summed E-state index contributed by atoms with van der Waals surface area (Å²) in [5.41, 5.74) is 1.18. The molecule has 1 unspecified atom stereocenters. The van der Waals surface area contributed by atoms with Crippen LogP contribution < -0.4 is 10.6 Å². The number of rotatable bonds is 7. The third-order valence-electron chi connectivity index (χ3n) is 3.95. The number of aliphatic imine (C=N–C) groups is 1. The van der Waals surface area contributed by atoms with Gasteiger partial charge >= 0.3 is 0 Å². The monoisotopic (exact) mass is 354 g/mol. The van der Waals surface area contributed by atoms with E-state index in [4.69, 9.17) is 4.99 Å². The largest absolute Gasteiger partial charge is 0.357 e. The number of thiazole rings is 1. The third-order valence-corrected chi connectivity index (χ3v) is 6.67. The molecule has 6 heteroatoms. The first-order chi connectivity index (χ1) is 11.0. The van der Waals surface area contributed by atoms with E-state index in [1.54, 1.807) is 11.3 Å². The summed E-state index contributed by atoms with van der Waals surface area (Å²) in [6.07, 6.45) is 3.54. The maximum atomic E-state index is 4.79. The molecule has 0 saturated carbocycles. The number of nitrogens with one attached hydrogen (secondary N) is 2. The van der Waals surface area contributed by atoms with E-state index in [0.717, 1.165) is 32.0 Å². The zero-order valence-electron chi connectivity index (χ0n) is 14.8. The maximum absolute atomic E-state index is 4.79. The lowest BCUT2D eigenvalue weighted by Crippen LogP contribution is -2.39. The second-order valence-electron chi connectivity index (χ2n) is 6.61. The van der Waals surface area contributed by atoms with Crippen molar-refractivity contribution in [3.05, 3.63) is 16.1 Å². The Morgan fingerprint density at radius 1 is 1.43 bits per heavy atom. The van der Waals surface area contributed by atoms with Gasteiger partial charge in [-0.1, -0.05) is 13.8 Å². The van der Waals surface area contributed by atoms with Crippen molar-refractivity contribution in [1.82, 2.24) is 15.6 Å². The van der Waals surface area contributed by atoms with Gasteiger partial charge in [0.2, 0.25) is 0 Å². The van der Waals surface area contributed by atoms with Crippen LogP contribution in [0, 0.1) is 0 Å². The number of thioether (sulfide) groups is 1. The van der Waals surface area contributed by atoms with E-state index in [1.807, 2.05) is 0 Å². The summed E-state index contributed by atoms with van der Waals surface area (Å²) in [5, 5.41) is 10.2. The molecule has 130 valence electrons. The van der Waals surface area contributed by atoms with Gasteiger partial charge in [-0.3, -0.25) is 4.99 Å². The number of hydrogen-bond donors (Lipinski definition) is 2. The van der Waals surface area contributed by atoms with Crippen molar-refractivity contribution in [2.45, 2.75) is 57.6 Å². The highest BCUT2D eigenvalue weighted by atomic mass is 32.2. The van der Waals surface area contributed by atoms with E-state index in [2.05, 4.69) is 60.5 Å². The Labute approximate surface area is 149 Å². The molecule has 4 nitrogen and oxygen atoms in total. The lowest BCUT2D eigenvalue weighted by Gasteiger charge is -2.21. The molecule has 2 rings (SSSR count). The van der Waals surface area contributed by atoms with E-state index in [1.165, 1.54) is 29.3 Å². The molecular formula is C17H30N4S2. The molecule has 1 aromatic rings. The maximum Gasteiger partial charge on any atom is 0.191 e. The summed E-state index contributed by atoms with van der Waals surface area (Å²) in [6, 6.07) is 0. The van der Waals surface area contributed by atoms with Gasteiger partial charge in [0.25, 0.3) is 0 Å². The predicted molar refractivity (Wildman–Crippen MR) is 104 cm³/mol. The van der Waals surface area contributed by atoms with Gasteiger partial charge in [0.15, 0.2) is 5.96 Å². The minimum atomic E-state index is 0.323. The molecule has 23 heavy (non-hydrogen) atoms. The SMILES string of the molecule is CCNC(=NCC1(C)CCCS1)NCCc1csc(C(C)C)n1. The summed E-state index contributed by atoms with van der Waals surface area (Å²) in [5.74, 6) is 2.73. The molecule has 0 radical (unpaired) electrons. The third kappa shape index (κ3) is 5.99. The summed E-state index contributed by atoms with van der Waals surface area (Å²) in [4.78, 5) is 9.48. The summed E-state index contributed by atoms with van der Waals surface area (Å²) >= 11 is 3.83. The average molecular weight is 355 g/mol. The van der Waals surface area contributed by atoms with E-state index in [-0.39, 0.29) is 0 Å². The molecule has 1 fully saturated rings. The highest BCUT2D eigenvalue weighted by Gasteiger charge is 2.29. The second-order valence-corrected chi connectivity index (χ2v) is 9.18. The Bertz CT molecular complexity index is 504. The van der Waals surface area contributed by atoms with Gasteiger partial charge in [-0.15, -0.1) is 11.3 Å². The fraction of sp³-hybridized carbons (Fsp3) is 0.765.